The topological polar surface area (TPSA) is 55.1 Å². The van der Waals surface area contributed by atoms with E-state index in [1.165, 1.54) is 0 Å². The average molecular weight is 308 g/mol. The number of anilines is 1. The van der Waals surface area contributed by atoms with Gasteiger partial charge in [-0.15, -0.1) is 11.8 Å². The van der Waals surface area contributed by atoms with E-state index in [1.54, 1.807) is 0 Å². The summed E-state index contributed by atoms with van der Waals surface area (Å²) in [6.07, 6.45) is 0. The fraction of sp³-hybridized carbons (Fsp3) is 0.133. The van der Waals surface area contributed by atoms with Gasteiger partial charge in [-0.2, -0.15) is 0 Å². The van der Waals surface area contributed by atoms with Gasteiger partial charge >= 0.3 is 0 Å². The second-order valence-electron chi connectivity index (χ2n) is 4.36. The molecule has 6 heteroatoms. The smallest absolute Gasteiger partial charge is 0.230 e. The lowest BCUT2D eigenvalue weighted by Crippen LogP contribution is -2.24. The van der Waals surface area contributed by atoms with Crippen LogP contribution in [-0.2, 0) is 11.3 Å². The highest BCUT2D eigenvalue weighted by Gasteiger charge is 2.13. The van der Waals surface area contributed by atoms with Crippen LogP contribution in [0.3, 0.4) is 0 Å². The second kappa shape index (κ2) is 7.08. The number of hydrogen-bond acceptors (Lipinski definition) is 3. The summed E-state index contributed by atoms with van der Waals surface area (Å²) in [5, 5.41) is 2.69. The lowest BCUT2D eigenvalue weighted by Gasteiger charge is -2.07. The van der Waals surface area contributed by atoms with Gasteiger partial charge in [-0.3, -0.25) is 4.79 Å². The molecule has 0 radical (unpaired) electrons. The van der Waals surface area contributed by atoms with Crippen molar-refractivity contribution in [3.05, 3.63) is 59.7 Å². The van der Waals surface area contributed by atoms with Crippen LogP contribution in [-0.4, -0.2) is 11.7 Å². The van der Waals surface area contributed by atoms with Gasteiger partial charge in [-0.05, 0) is 17.7 Å². The number of nitrogens with one attached hydrogen (secondary N) is 1. The molecule has 0 atom stereocenters. The molecule has 0 spiro atoms. The fourth-order valence-corrected chi connectivity index (χ4v) is 2.47. The number of nitrogen functional groups attached to an aromatic ring is 1. The minimum Gasteiger partial charge on any atom is -0.399 e. The van der Waals surface area contributed by atoms with Crippen molar-refractivity contribution in [2.75, 3.05) is 11.5 Å². The summed E-state index contributed by atoms with van der Waals surface area (Å²) in [5.74, 6) is -1.87. The summed E-state index contributed by atoms with van der Waals surface area (Å²) in [7, 11) is 0. The van der Waals surface area contributed by atoms with Crippen molar-refractivity contribution in [2.45, 2.75) is 11.4 Å². The highest BCUT2D eigenvalue weighted by molar-refractivity contribution is 8.00. The molecule has 3 nitrogen and oxygen atoms in total. The van der Waals surface area contributed by atoms with Gasteiger partial charge in [0.25, 0.3) is 0 Å². The zero-order chi connectivity index (χ0) is 15.2. The summed E-state index contributed by atoms with van der Waals surface area (Å²) in [6, 6.07) is 11.5. The number of benzene rings is 2. The first-order valence-electron chi connectivity index (χ1n) is 6.24. The number of carbonyl (C=O) groups excluding carboxylic acids is 1. The number of carbonyl (C=O) groups is 1. The van der Waals surface area contributed by atoms with Crippen LogP contribution in [0.5, 0.6) is 0 Å². The van der Waals surface area contributed by atoms with Crippen molar-refractivity contribution in [1.82, 2.24) is 5.32 Å². The maximum absolute atomic E-state index is 13.5. The Labute approximate surface area is 125 Å². The Bertz CT molecular complexity index is 612. The lowest BCUT2D eigenvalue weighted by molar-refractivity contribution is -0.118. The van der Waals surface area contributed by atoms with Gasteiger partial charge in [0.15, 0.2) is 0 Å². The molecule has 0 aromatic heterocycles. The van der Waals surface area contributed by atoms with Crippen molar-refractivity contribution < 1.29 is 13.6 Å². The van der Waals surface area contributed by atoms with Gasteiger partial charge in [-0.1, -0.05) is 30.3 Å². The number of nitrogens with two attached hydrogens (primary N) is 1. The molecule has 0 bridgehead atoms. The molecule has 2 rings (SSSR count). The SMILES string of the molecule is Nc1cc(F)c(SCC(=O)NCc2ccccc2)c(F)c1. The van der Waals surface area contributed by atoms with Crippen molar-refractivity contribution in [3.63, 3.8) is 0 Å². The highest BCUT2D eigenvalue weighted by Crippen LogP contribution is 2.26. The number of thioether (sulfide) groups is 1. The molecule has 0 aliphatic rings. The van der Waals surface area contributed by atoms with E-state index in [0.717, 1.165) is 29.5 Å². The van der Waals surface area contributed by atoms with Crippen LogP contribution in [0.1, 0.15) is 5.56 Å². The molecular formula is C15H14F2N2OS. The quantitative estimate of drug-likeness (QED) is 0.659. The Morgan fingerprint density at radius 3 is 2.38 bits per heavy atom. The van der Waals surface area contributed by atoms with E-state index in [9.17, 15) is 13.6 Å². The van der Waals surface area contributed by atoms with Crippen LogP contribution >= 0.6 is 11.8 Å². The average Bonchev–Trinajstić information content (AvgIpc) is 2.45. The minimum atomic E-state index is -0.756. The van der Waals surface area contributed by atoms with Crippen molar-refractivity contribution >= 4 is 23.4 Å². The molecule has 0 fully saturated rings. The predicted octanol–water partition coefficient (Wildman–Crippen LogP) is 2.96. The summed E-state index contributed by atoms with van der Waals surface area (Å²) in [4.78, 5) is 11.5. The molecule has 0 saturated carbocycles. The number of halogens is 2. The van der Waals surface area contributed by atoms with E-state index < -0.39 is 11.6 Å². The predicted molar refractivity (Wildman–Crippen MR) is 79.8 cm³/mol. The third kappa shape index (κ3) is 4.46. The first-order chi connectivity index (χ1) is 10.1. The zero-order valence-electron chi connectivity index (χ0n) is 11.1. The molecule has 0 saturated heterocycles. The second-order valence-corrected chi connectivity index (χ2v) is 5.35. The molecule has 0 aliphatic carbocycles. The summed E-state index contributed by atoms with van der Waals surface area (Å²) >= 11 is 0.808. The third-order valence-electron chi connectivity index (χ3n) is 2.70. The van der Waals surface area contributed by atoms with Gasteiger partial charge in [0, 0.05) is 12.2 Å². The molecule has 21 heavy (non-hydrogen) atoms. The normalized spacial score (nSPS) is 10.4. The third-order valence-corrected chi connectivity index (χ3v) is 3.79. The molecular weight excluding hydrogens is 294 g/mol. The molecule has 0 unspecified atom stereocenters. The van der Waals surface area contributed by atoms with Crippen LogP contribution < -0.4 is 11.1 Å². The lowest BCUT2D eigenvalue weighted by atomic mass is 10.2. The van der Waals surface area contributed by atoms with Crippen LogP contribution in [0.2, 0.25) is 0 Å². The monoisotopic (exact) mass is 308 g/mol. The molecule has 1 amide bonds. The van der Waals surface area contributed by atoms with Crippen LogP contribution in [0, 0.1) is 11.6 Å². The van der Waals surface area contributed by atoms with Gasteiger partial charge in [0.2, 0.25) is 5.91 Å². The largest absolute Gasteiger partial charge is 0.399 e. The van der Waals surface area contributed by atoms with Crippen molar-refractivity contribution in [1.29, 1.82) is 0 Å². The van der Waals surface area contributed by atoms with Crippen LogP contribution in [0.25, 0.3) is 0 Å². The maximum atomic E-state index is 13.5. The molecule has 110 valence electrons. The van der Waals surface area contributed by atoms with E-state index in [-0.39, 0.29) is 22.2 Å². The van der Waals surface area contributed by atoms with Crippen LogP contribution in [0.4, 0.5) is 14.5 Å². The fourth-order valence-electron chi connectivity index (χ4n) is 1.70. The first kappa shape index (κ1) is 15.3. The standard InChI is InChI=1S/C15H14F2N2OS/c16-12-6-11(18)7-13(17)15(12)21-9-14(20)19-8-10-4-2-1-3-5-10/h1-7H,8-9,18H2,(H,19,20). The molecule has 3 N–H and O–H groups in total. The Morgan fingerprint density at radius 1 is 1.14 bits per heavy atom. The number of rotatable bonds is 5. The van der Waals surface area contributed by atoms with E-state index in [4.69, 9.17) is 5.73 Å². The summed E-state index contributed by atoms with van der Waals surface area (Å²) in [6.45, 7) is 0.382. The summed E-state index contributed by atoms with van der Waals surface area (Å²) < 4.78 is 27.1. The maximum Gasteiger partial charge on any atom is 0.230 e. The van der Waals surface area contributed by atoms with Gasteiger partial charge in [0.1, 0.15) is 11.6 Å². The Morgan fingerprint density at radius 2 is 1.76 bits per heavy atom. The Balaban J connectivity index is 1.87. The van der Waals surface area contributed by atoms with E-state index in [0.29, 0.717) is 6.54 Å². The number of hydrogen-bond donors (Lipinski definition) is 2. The van der Waals surface area contributed by atoms with Crippen molar-refractivity contribution in [3.8, 4) is 0 Å². The van der Waals surface area contributed by atoms with E-state index in [1.807, 2.05) is 30.3 Å². The Kier molecular flexibility index (Phi) is 5.16. The molecule has 0 heterocycles. The number of amides is 1. The van der Waals surface area contributed by atoms with Gasteiger partial charge < -0.3 is 11.1 Å². The highest BCUT2D eigenvalue weighted by atomic mass is 32.2. The minimum absolute atomic E-state index is 0.0166. The van der Waals surface area contributed by atoms with E-state index >= 15 is 0 Å². The molecule has 2 aromatic carbocycles. The van der Waals surface area contributed by atoms with Crippen molar-refractivity contribution in [2.24, 2.45) is 0 Å². The zero-order valence-corrected chi connectivity index (χ0v) is 11.9. The van der Waals surface area contributed by atoms with Gasteiger partial charge in [-0.25, -0.2) is 8.78 Å². The molecule has 0 aliphatic heterocycles. The summed E-state index contributed by atoms with van der Waals surface area (Å²) in [5.41, 5.74) is 6.30. The first-order valence-corrected chi connectivity index (χ1v) is 7.23. The molecule has 2 aromatic rings. The van der Waals surface area contributed by atoms with E-state index in [2.05, 4.69) is 5.32 Å². The van der Waals surface area contributed by atoms with Crippen LogP contribution in [0.15, 0.2) is 47.4 Å². The Hall–Kier alpha value is -2.08. The van der Waals surface area contributed by atoms with Gasteiger partial charge in [0.05, 0.1) is 10.6 Å².